The monoisotopic (exact) mass is 567 g/mol. The lowest BCUT2D eigenvalue weighted by molar-refractivity contribution is 0.0682. The van der Waals surface area contributed by atoms with E-state index in [0.717, 1.165) is 18.6 Å². The van der Waals surface area contributed by atoms with Crippen molar-refractivity contribution in [1.29, 1.82) is 16.2 Å². The van der Waals surface area contributed by atoms with E-state index < -0.39 is 51.8 Å². The predicted octanol–water partition coefficient (Wildman–Crippen LogP) is 4.89. The number of carbonyl (C=O) groups is 3. The summed E-state index contributed by atoms with van der Waals surface area (Å²) in [5.41, 5.74) is -0.231. The first-order chi connectivity index (χ1) is 19.9. The van der Waals surface area contributed by atoms with Gasteiger partial charge in [0.25, 0.3) is 0 Å². The van der Waals surface area contributed by atoms with Crippen molar-refractivity contribution in [2.24, 2.45) is 0 Å². The molecule has 0 saturated heterocycles. The van der Waals surface area contributed by atoms with Crippen molar-refractivity contribution in [2.75, 3.05) is 0 Å². The zero-order valence-electron chi connectivity index (χ0n) is 21.3. The third-order valence-corrected chi connectivity index (χ3v) is 6.51. The number of hydrogen-bond donors (Lipinski definition) is 9. The fourth-order valence-electron chi connectivity index (χ4n) is 4.42. The number of hydrogen-bond acceptors (Lipinski definition) is 9. The maximum atomic E-state index is 11.8. The van der Waals surface area contributed by atoms with Gasteiger partial charge < -0.3 is 46.9 Å². The van der Waals surface area contributed by atoms with Crippen LogP contribution in [0, 0.1) is 16.2 Å². The second kappa shape index (κ2) is 11.1. The second-order valence-electron chi connectivity index (χ2n) is 9.03. The molecule has 0 unspecified atom stereocenters. The highest BCUT2D eigenvalue weighted by Gasteiger charge is 2.20. The molecule has 4 aromatic rings. The summed E-state index contributed by atoms with van der Waals surface area (Å²) in [5, 5.41) is 82.6. The van der Waals surface area contributed by atoms with E-state index in [2.05, 4.69) is 0 Å². The van der Waals surface area contributed by atoms with Crippen LogP contribution in [0.25, 0.3) is 33.4 Å². The highest BCUT2D eigenvalue weighted by molar-refractivity contribution is 6.01. The third kappa shape index (κ3) is 5.14. The van der Waals surface area contributed by atoms with Crippen LogP contribution in [0.3, 0.4) is 0 Å². The van der Waals surface area contributed by atoms with E-state index in [9.17, 15) is 45.0 Å². The largest absolute Gasteiger partial charge is 0.506 e. The van der Waals surface area contributed by atoms with E-state index in [-0.39, 0.29) is 33.4 Å². The fraction of sp³-hybridized carbons (Fsp3) is 0. The quantitative estimate of drug-likeness (QED) is 0.125. The van der Waals surface area contributed by atoms with Gasteiger partial charge in [0.05, 0.1) is 0 Å². The zero-order valence-corrected chi connectivity index (χ0v) is 21.3. The average molecular weight is 568 g/mol. The molecule has 12 heteroatoms. The van der Waals surface area contributed by atoms with Crippen molar-refractivity contribution in [2.45, 2.75) is 0 Å². The summed E-state index contributed by atoms with van der Waals surface area (Å²) in [5.74, 6) is -6.27. The molecule has 9 N–H and O–H groups in total. The molecule has 0 aliphatic carbocycles. The molecule has 4 aromatic carbocycles. The minimum Gasteiger partial charge on any atom is -0.506 e. The third-order valence-electron chi connectivity index (χ3n) is 6.51. The highest BCUT2D eigenvalue weighted by atomic mass is 16.4. The van der Waals surface area contributed by atoms with Gasteiger partial charge in [-0.3, -0.25) is 0 Å². The van der Waals surface area contributed by atoms with Crippen molar-refractivity contribution < 1.29 is 45.0 Å². The van der Waals surface area contributed by atoms with Crippen LogP contribution >= 0.6 is 0 Å². The summed E-state index contributed by atoms with van der Waals surface area (Å²) in [6.45, 7) is 0. The Morgan fingerprint density at radius 1 is 0.429 bits per heavy atom. The normalized spacial score (nSPS) is 10.6. The molecule has 0 aliphatic rings. The number of carboxylic acids is 3. The van der Waals surface area contributed by atoms with Gasteiger partial charge in [-0.2, -0.15) is 0 Å². The van der Waals surface area contributed by atoms with Gasteiger partial charge in [-0.05, 0) is 88.0 Å². The van der Waals surface area contributed by atoms with Gasteiger partial charge in [0.1, 0.15) is 33.9 Å². The van der Waals surface area contributed by atoms with Crippen LogP contribution in [-0.4, -0.2) is 67.2 Å². The molecule has 0 aromatic heterocycles. The molecular weight excluding hydrogens is 546 g/mol. The first kappa shape index (κ1) is 28.7. The molecule has 0 bridgehead atoms. The topological polar surface area (TPSA) is 244 Å². The van der Waals surface area contributed by atoms with E-state index in [1.54, 1.807) is 0 Å². The van der Waals surface area contributed by atoms with Crippen LogP contribution in [-0.2, 0) is 0 Å². The second-order valence-corrected chi connectivity index (χ2v) is 9.03. The van der Waals surface area contributed by atoms with Gasteiger partial charge in [0.2, 0.25) is 0 Å². The van der Waals surface area contributed by atoms with Crippen LogP contribution in [0.2, 0.25) is 0 Å². The van der Waals surface area contributed by atoms with Crippen LogP contribution in [0.1, 0.15) is 47.8 Å². The molecule has 12 nitrogen and oxygen atoms in total. The number of phenols is 3. The summed E-state index contributed by atoms with van der Waals surface area (Å²) >= 11 is 0. The van der Waals surface area contributed by atoms with Crippen molar-refractivity contribution in [3.8, 4) is 50.6 Å². The Labute approximate surface area is 236 Å². The average Bonchev–Trinajstić information content (AvgIpc) is 2.96. The Morgan fingerprint density at radius 2 is 0.643 bits per heavy atom. The van der Waals surface area contributed by atoms with E-state index >= 15 is 0 Å². The molecule has 0 spiro atoms. The van der Waals surface area contributed by atoms with Crippen molar-refractivity contribution in [3.63, 3.8) is 0 Å². The fourth-order valence-corrected chi connectivity index (χ4v) is 4.42. The Balaban J connectivity index is 2.12. The summed E-state index contributed by atoms with van der Waals surface area (Å²) in [7, 11) is 0. The molecular formula is C30H21N3O9. The predicted molar refractivity (Wildman–Crippen MR) is 152 cm³/mol. The van der Waals surface area contributed by atoms with Crippen LogP contribution in [0.5, 0.6) is 17.2 Å². The molecule has 210 valence electrons. The summed E-state index contributed by atoms with van der Waals surface area (Å²) in [6.07, 6.45) is 2.29. The lowest BCUT2D eigenvalue weighted by Crippen LogP contribution is -2.02. The summed E-state index contributed by atoms with van der Waals surface area (Å²) < 4.78 is 0. The molecule has 0 saturated carbocycles. The molecule has 0 atom stereocenters. The van der Waals surface area contributed by atoms with E-state index in [4.69, 9.17) is 16.2 Å². The lowest BCUT2D eigenvalue weighted by Gasteiger charge is -2.15. The van der Waals surface area contributed by atoms with Crippen LogP contribution in [0.4, 0.5) is 0 Å². The van der Waals surface area contributed by atoms with Crippen molar-refractivity contribution >= 4 is 36.6 Å². The molecule has 0 aliphatic heterocycles. The van der Waals surface area contributed by atoms with E-state index in [1.807, 2.05) is 0 Å². The lowest BCUT2D eigenvalue weighted by atomic mass is 9.89. The number of carboxylic acid groups (broad SMARTS) is 3. The maximum absolute atomic E-state index is 11.8. The SMILES string of the molecule is N=Cc1cc(-c2cc(-c3cc(C=N)c(O)c(C(=O)O)c3)cc(-c3cc(C=N)c(O)c(C(=O)O)c3)c2)cc(C(=O)O)c1O. The first-order valence-electron chi connectivity index (χ1n) is 11.9. The maximum Gasteiger partial charge on any atom is 0.339 e. The molecule has 0 amide bonds. The molecule has 4 rings (SSSR count). The Bertz CT molecular complexity index is 1640. The first-order valence-corrected chi connectivity index (χ1v) is 11.9. The number of aromatic carboxylic acids is 3. The minimum absolute atomic E-state index is 0.107. The molecule has 0 heterocycles. The minimum atomic E-state index is -1.46. The van der Waals surface area contributed by atoms with Gasteiger partial charge >= 0.3 is 17.9 Å². The van der Waals surface area contributed by atoms with Gasteiger partial charge in [0, 0.05) is 35.3 Å². The summed E-state index contributed by atoms with van der Waals surface area (Å²) in [4.78, 5) is 35.5. The van der Waals surface area contributed by atoms with Crippen molar-refractivity contribution in [3.05, 3.63) is 88.0 Å². The Morgan fingerprint density at radius 3 is 0.833 bits per heavy atom. The van der Waals surface area contributed by atoms with Gasteiger partial charge in [0.15, 0.2) is 0 Å². The number of benzene rings is 4. The van der Waals surface area contributed by atoms with Crippen LogP contribution in [0.15, 0.2) is 54.6 Å². The zero-order chi connectivity index (χ0) is 30.9. The highest BCUT2D eigenvalue weighted by Crippen LogP contribution is 2.39. The van der Waals surface area contributed by atoms with Crippen LogP contribution < -0.4 is 0 Å². The van der Waals surface area contributed by atoms with Gasteiger partial charge in [-0.15, -0.1) is 0 Å². The van der Waals surface area contributed by atoms with E-state index in [1.165, 1.54) is 54.6 Å². The van der Waals surface area contributed by atoms with Crippen molar-refractivity contribution in [1.82, 2.24) is 0 Å². The number of rotatable bonds is 9. The molecule has 0 fully saturated rings. The van der Waals surface area contributed by atoms with Gasteiger partial charge in [-0.1, -0.05) is 0 Å². The van der Waals surface area contributed by atoms with Gasteiger partial charge in [-0.25, -0.2) is 14.4 Å². The number of aromatic hydroxyl groups is 3. The standard InChI is InChI=1S/C30H21N3O9/c31-10-19-4-16(7-22(25(19)34)28(37)38)13-1-14(17-5-20(11-32)26(35)23(8-17)29(39)40)3-15(2-13)18-6-21(12-33)27(36)24(9-18)30(41)42/h1-12,31-36H,(H,37,38)(H,39,40)(H,41,42). The Kier molecular flexibility index (Phi) is 7.56. The number of nitrogens with one attached hydrogen (secondary N) is 3. The molecule has 42 heavy (non-hydrogen) atoms. The summed E-state index contributed by atoms with van der Waals surface area (Å²) in [6, 6.07) is 12.2. The smallest absolute Gasteiger partial charge is 0.339 e. The molecule has 0 radical (unpaired) electrons. The van der Waals surface area contributed by atoms with E-state index in [0.29, 0.717) is 16.7 Å². The Hall–Kier alpha value is -6.30.